The molecule has 2 unspecified atom stereocenters. The van der Waals surface area contributed by atoms with Crippen LogP contribution in [0.15, 0.2) is 30.6 Å². The van der Waals surface area contributed by atoms with Crippen molar-refractivity contribution in [3.8, 4) is 0 Å². The fourth-order valence-electron chi connectivity index (χ4n) is 3.09. The van der Waals surface area contributed by atoms with Gasteiger partial charge in [0.05, 0.1) is 22.2 Å². The van der Waals surface area contributed by atoms with E-state index in [-0.39, 0.29) is 30.8 Å². The summed E-state index contributed by atoms with van der Waals surface area (Å²) >= 11 is 12.1. The second-order valence-electron chi connectivity index (χ2n) is 6.23. The standard InChI is InChI=1S/C17H15Cl2F3N4O2/c18-14-2-1-10(3-15(14)19)13-7-23-4-11(13)8-26(28-9-27)16-24-5-12(6-25-16)17(20,21)22/h1-3,5-6,9,11,13,23H,4,7-8H2. The Hall–Kier alpha value is -2.10. The molecule has 2 heterocycles. The lowest BCUT2D eigenvalue weighted by Crippen LogP contribution is -2.33. The molecule has 2 atom stereocenters. The summed E-state index contributed by atoms with van der Waals surface area (Å²) in [5.74, 6) is -0.148. The maximum atomic E-state index is 12.7. The number of aromatic nitrogens is 2. The van der Waals surface area contributed by atoms with Crippen LogP contribution in [0.1, 0.15) is 17.0 Å². The van der Waals surface area contributed by atoms with Crippen LogP contribution in [0.3, 0.4) is 0 Å². The van der Waals surface area contributed by atoms with E-state index in [1.54, 1.807) is 12.1 Å². The number of benzene rings is 1. The van der Waals surface area contributed by atoms with Crippen LogP contribution in [0, 0.1) is 5.92 Å². The van der Waals surface area contributed by atoms with Gasteiger partial charge in [0.2, 0.25) is 0 Å². The number of hydrogen-bond acceptors (Lipinski definition) is 6. The lowest BCUT2D eigenvalue weighted by atomic mass is 9.89. The molecule has 0 amide bonds. The van der Waals surface area contributed by atoms with Crippen molar-refractivity contribution in [2.75, 3.05) is 24.7 Å². The van der Waals surface area contributed by atoms with Gasteiger partial charge >= 0.3 is 12.6 Å². The lowest BCUT2D eigenvalue weighted by Gasteiger charge is -2.26. The fraction of sp³-hybridized carbons (Fsp3) is 0.353. The lowest BCUT2D eigenvalue weighted by molar-refractivity contribution is -0.138. The van der Waals surface area contributed by atoms with Crippen molar-refractivity contribution in [3.05, 3.63) is 51.8 Å². The monoisotopic (exact) mass is 434 g/mol. The maximum absolute atomic E-state index is 12.7. The molecule has 0 spiro atoms. The second-order valence-corrected chi connectivity index (χ2v) is 7.04. The smallest absolute Gasteiger partial charge is 0.341 e. The summed E-state index contributed by atoms with van der Waals surface area (Å²) in [5, 5.41) is 5.19. The van der Waals surface area contributed by atoms with Gasteiger partial charge in [0, 0.05) is 37.3 Å². The van der Waals surface area contributed by atoms with Crippen LogP contribution in [0.4, 0.5) is 19.1 Å². The Morgan fingerprint density at radius 2 is 1.93 bits per heavy atom. The quantitative estimate of drug-likeness (QED) is 0.552. The Balaban J connectivity index is 1.79. The van der Waals surface area contributed by atoms with Crippen LogP contribution in [-0.4, -0.2) is 36.1 Å². The molecule has 0 saturated carbocycles. The predicted molar refractivity (Wildman–Crippen MR) is 97.1 cm³/mol. The molecule has 1 aromatic carbocycles. The van der Waals surface area contributed by atoms with E-state index in [1.165, 1.54) is 0 Å². The van der Waals surface area contributed by atoms with E-state index in [2.05, 4.69) is 15.3 Å². The van der Waals surface area contributed by atoms with Gasteiger partial charge in [-0.25, -0.2) is 9.97 Å². The van der Waals surface area contributed by atoms with Crippen LogP contribution in [-0.2, 0) is 15.8 Å². The molecule has 0 bridgehead atoms. The van der Waals surface area contributed by atoms with Crippen LogP contribution in [0.25, 0.3) is 0 Å². The number of hydrogen-bond donors (Lipinski definition) is 1. The minimum absolute atomic E-state index is 0.0296. The van der Waals surface area contributed by atoms with Crippen molar-refractivity contribution in [1.82, 2.24) is 15.3 Å². The van der Waals surface area contributed by atoms with E-state index >= 15 is 0 Å². The molecule has 1 aliphatic heterocycles. The molecule has 1 fully saturated rings. The molecule has 0 aliphatic carbocycles. The highest BCUT2D eigenvalue weighted by molar-refractivity contribution is 6.42. The maximum Gasteiger partial charge on any atom is 0.419 e. The average molecular weight is 435 g/mol. The van der Waals surface area contributed by atoms with Gasteiger partial charge in [-0.2, -0.15) is 18.2 Å². The zero-order valence-electron chi connectivity index (χ0n) is 14.3. The second kappa shape index (κ2) is 8.50. The number of rotatable bonds is 6. The number of carbonyl (C=O) groups excluding carboxylic acids is 1. The van der Waals surface area contributed by atoms with Gasteiger partial charge in [-0.15, -0.1) is 0 Å². The Morgan fingerprint density at radius 3 is 2.54 bits per heavy atom. The number of nitrogens with zero attached hydrogens (tertiary/aromatic N) is 3. The Labute approximate surface area is 168 Å². The van der Waals surface area contributed by atoms with E-state index in [0.29, 0.717) is 35.5 Å². The highest BCUT2D eigenvalue weighted by Gasteiger charge is 2.34. The van der Waals surface area contributed by atoms with Crippen LogP contribution < -0.4 is 10.4 Å². The van der Waals surface area contributed by atoms with Crippen molar-refractivity contribution < 1.29 is 22.8 Å². The molecule has 28 heavy (non-hydrogen) atoms. The molecule has 0 radical (unpaired) electrons. The van der Waals surface area contributed by atoms with Crippen LogP contribution in [0.5, 0.6) is 0 Å². The third-order valence-corrected chi connectivity index (χ3v) is 5.21. The van der Waals surface area contributed by atoms with Crippen molar-refractivity contribution in [3.63, 3.8) is 0 Å². The molecular formula is C17H15Cl2F3N4O2. The van der Waals surface area contributed by atoms with E-state index in [0.717, 1.165) is 10.6 Å². The van der Waals surface area contributed by atoms with Gasteiger partial charge in [0.15, 0.2) is 0 Å². The van der Waals surface area contributed by atoms with Crippen molar-refractivity contribution in [2.24, 2.45) is 5.92 Å². The zero-order chi connectivity index (χ0) is 20.3. The molecule has 1 aromatic heterocycles. The van der Waals surface area contributed by atoms with E-state index in [4.69, 9.17) is 28.0 Å². The Bertz CT molecular complexity index is 836. The van der Waals surface area contributed by atoms with Gasteiger partial charge in [-0.1, -0.05) is 29.3 Å². The molecular weight excluding hydrogens is 420 g/mol. The first-order valence-corrected chi connectivity index (χ1v) is 8.98. The number of nitrogens with one attached hydrogen (secondary N) is 1. The molecule has 1 N–H and O–H groups in total. The van der Waals surface area contributed by atoms with E-state index in [1.807, 2.05) is 6.07 Å². The van der Waals surface area contributed by atoms with Crippen molar-refractivity contribution >= 4 is 35.6 Å². The number of hydroxylamine groups is 1. The number of alkyl halides is 3. The van der Waals surface area contributed by atoms with Gasteiger partial charge < -0.3 is 10.2 Å². The van der Waals surface area contributed by atoms with Gasteiger partial charge in [0.25, 0.3) is 5.95 Å². The normalized spacial score (nSPS) is 19.5. The molecule has 150 valence electrons. The average Bonchev–Trinajstić information content (AvgIpc) is 3.11. The molecule has 3 rings (SSSR count). The predicted octanol–water partition coefficient (Wildman–Crippen LogP) is 3.70. The first-order valence-electron chi connectivity index (χ1n) is 8.22. The summed E-state index contributed by atoms with van der Waals surface area (Å²) in [6.07, 6.45) is -3.26. The van der Waals surface area contributed by atoms with Gasteiger partial charge in [0.1, 0.15) is 0 Å². The van der Waals surface area contributed by atoms with E-state index in [9.17, 15) is 18.0 Å². The summed E-state index contributed by atoms with van der Waals surface area (Å²) in [7, 11) is 0. The summed E-state index contributed by atoms with van der Waals surface area (Å²) in [4.78, 5) is 23.2. The first kappa shape index (κ1) is 20.6. The third kappa shape index (κ3) is 4.65. The molecule has 2 aromatic rings. The van der Waals surface area contributed by atoms with Gasteiger partial charge in [-0.05, 0) is 17.7 Å². The highest BCUT2D eigenvalue weighted by Crippen LogP contribution is 2.33. The first-order chi connectivity index (χ1) is 13.3. The highest BCUT2D eigenvalue weighted by atomic mass is 35.5. The number of carbonyl (C=O) groups is 1. The SMILES string of the molecule is O=CON(CC1CNCC1c1ccc(Cl)c(Cl)c1)c1ncc(C(F)(F)F)cn1. The summed E-state index contributed by atoms with van der Waals surface area (Å²) < 4.78 is 38.1. The number of anilines is 1. The Kier molecular flexibility index (Phi) is 6.26. The Morgan fingerprint density at radius 1 is 1.21 bits per heavy atom. The third-order valence-electron chi connectivity index (χ3n) is 4.47. The van der Waals surface area contributed by atoms with Crippen LogP contribution >= 0.6 is 23.2 Å². The minimum Gasteiger partial charge on any atom is -0.341 e. The van der Waals surface area contributed by atoms with Crippen molar-refractivity contribution in [1.29, 1.82) is 0 Å². The number of halogens is 5. The largest absolute Gasteiger partial charge is 0.419 e. The summed E-state index contributed by atoms with van der Waals surface area (Å²) in [5.41, 5.74) is -0.0395. The summed E-state index contributed by atoms with van der Waals surface area (Å²) in [6, 6.07) is 5.33. The van der Waals surface area contributed by atoms with Gasteiger partial charge in [-0.3, -0.25) is 4.79 Å². The zero-order valence-corrected chi connectivity index (χ0v) is 15.8. The molecule has 6 nitrogen and oxygen atoms in total. The fourth-order valence-corrected chi connectivity index (χ4v) is 3.40. The molecule has 1 aliphatic rings. The minimum atomic E-state index is -4.55. The van der Waals surface area contributed by atoms with E-state index < -0.39 is 11.7 Å². The molecule has 1 saturated heterocycles. The topological polar surface area (TPSA) is 67.3 Å². The summed E-state index contributed by atoms with van der Waals surface area (Å²) in [6.45, 7) is 1.62. The van der Waals surface area contributed by atoms with Crippen LogP contribution in [0.2, 0.25) is 10.0 Å². The van der Waals surface area contributed by atoms with Crippen molar-refractivity contribution in [2.45, 2.75) is 12.1 Å². The molecule has 11 heteroatoms.